The highest BCUT2D eigenvalue weighted by molar-refractivity contribution is 5.03. The summed E-state index contributed by atoms with van der Waals surface area (Å²) in [4.78, 5) is 5.10. The number of piperazine rings is 1. The maximum absolute atomic E-state index is 5.99. The van der Waals surface area contributed by atoms with Crippen LogP contribution in [0.2, 0.25) is 0 Å². The average Bonchev–Trinajstić information content (AvgIpc) is 2.17. The van der Waals surface area contributed by atoms with Gasteiger partial charge in [-0.05, 0) is 32.7 Å². The predicted octanol–water partition coefficient (Wildman–Crippen LogP) is 0.750. The highest BCUT2D eigenvalue weighted by Crippen LogP contribution is 2.42. The van der Waals surface area contributed by atoms with Gasteiger partial charge < -0.3 is 10.6 Å². The lowest BCUT2D eigenvalue weighted by Crippen LogP contribution is -2.66. The zero-order chi connectivity index (χ0) is 11.1. The number of hydrogen-bond acceptors (Lipinski definition) is 3. The van der Waals surface area contributed by atoms with Crippen LogP contribution in [0, 0.1) is 5.92 Å². The Bertz CT molecular complexity index is 223. The lowest BCUT2D eigenvalue weighted by molar-refractivity contribution is -0.0501. The second kappa shape index (κ2) is 4.04. The summed E-state index contributed by atoms with van der Waals surface area (Å²) in [6.45, 7) is 9.09. The molecule has 0 aromatic carbocycles. The average molecular weight is 211 g/mol. The van der Waals surface area contributed by atoms with Crippen LogP contribution in [0.5, 0.6) is 0 Å². The maximum Gasteiger partial charge on any atom is 0.0338 e. The van der Waals surface area contributed by atoms with Gasteiger partial charge in [0.05, 0.1) is 0 Å². The Labute approximate surface area is 93.6 Å². The molecule has 15 heavy (non-hydrogen) atoms. The van der Waals surface area contributed by atoms with E-state index in [1.54, 1.807) is 0 Å². The summed E-state index contributed by atoms with van der Waals surface area (Å²) < 4.78 is 0. The number of nitrogens with two attached hydrogens (primary N) is 1. The second-order valence-electron chi connectivity index (χ2n) is 5.72. The molecule has 3 nitrogen and oxygen atoms in total. The molecule has 0 spiro atoms. The number of nitrogens with zero attached hydrogens (tertiary/aromatic N) is 2. The van der Waals surface area contributed by atoms with Gasteiger partial charge in [-0.1, -0.05) is 6.92 Å². The van der Waals surface area contributed by atoms with E-state index in [-0.39, 0.29) is 0 Å². The fourth-order valence-corrected chi connectivity index (χ4v) is 3.27. The normalized spacial score (nSPS) is 44.0. The van der Waals surface area contributed by atoms with Gasteiger partial charge in [-0.15, -0.1) is 0 Å². The van der Waals surface area contributed by atoms with Crippen molar-refractivity contribution < 1.29 is 0 Å². The van der Waals surface area contributed by atoms with Crippen LogP contribution < -0.4 is 5.73 Å². The van der Waals surface area contributed by atoms with Crippen LogP contribution in [0.4, 0.5) is 0 Å². The topological polar surface area (TPSA) is 32.5 Å². The van der Waals surface area contributed by atoms with Crippen molar-refractivity contribution in [1.82, 2.24) is 9.80 Å². The van der Waals surface area contributed by atoms with Crippen molar-refractivity contribution in [3.63, 3.8) is 0 Å². The third-order valence-electron chi connectivity index (χ3n) is 4.47. The first-order valence-corrected chi connectivity index (χ1v) is 6.23. The number of hydrogen-bond donors (Lipinski definition) is 1. The monoisotopic (exact) mass is 211 g/mol. The van der Waals surface area contributed by atoms with Crippen molar-refractivity contribution >= 4 is 0 Å². The molecule has 2 fully saturated rings. The summed E-state index contributed by atoms with van der Waals surface area (Å²) in [5.74, 6) is 0.878. The quantitative estimate of drug-likeness (QED) is 0.731. The molecule has 0 aromatic rings. The Morgan fingerprint density at radius 2 is 1.93 bits per heavy atom. The first-order valence-electron chi connectivity index (χ1n) is 6.23. The molecule has 1 saturated carbocycles. The van der Waals surface area contributed by atoms with Gasteiger partial charge in [-0.3, -0.25) is 4.90 Å². The van der Waals surface area contributed by atoms with Gasteiger partial charge in [0.1, 0.15) is 0 Å². The van der Waals surface area contributed by atoms with E-state index < -0.39 is 0 Å². The van der Waals surface area contributed by atoms with Crippen molar-refractivity contribution in [3.05, 3.63) is 0 Å². The van der Waals surface area contributed by atoms with Gasteiger partial charge >= 0.3 is 0 Å². The van der Waals surface area contributed by atoms with Gasteiger partial charge in [-0.25, -0.2) is 0 Å². The largest absolute Gasteiger partial charge is 0.329 e. The van der Waals surface area contributed by atoms with E-state index in [2.05, 4.69) is 30.7 Å². The summed E-state index contributed by atoms with van der Waals surface area (Å²) in [7, 11) is 2.22. The van der Waals surface area contributed by atoms with Crippen LogP contribution in [0.1, 0.15) is 26.7 Å². The second-order valence-corrected chi connectivity index (χ2v) is 5.72. The third-order valence-corrected chi connectivity index (χ3v) is 4.47. The Morgan fingerprint density at radius 3 is 2.40 bits per heavy atom. The van der Waals surface area contributed by atoms with Crippen LogP contribution in [-0.4, -0.2) is 54.6 Å². The zero-order valence-electron chi connectivity index (χ0n) is 10.4. The van der Waals surface area contributed by atoms with Gasteiger partial charge in [0.25, 0.3) is 0 Å². The van der Waals surface area contributed by atoms with Crippen LogP contribution in [-0.2, 0) is 0 Å². The molecule has 88 valence electrons. The lowest BCUT2D eigenvalue weighted by atomic mass is 9.67. The SMILES string of the molecule is CC1CC(CN)(N2CCN(C)C(C)C2)C1. The molecule has 0 aromatic heterocycles. The molecular weight excluding hydrogens is 186 g/mol. The molecule has 2 rings (SSSR count). The number of likely N-dealkylation sites (N-methyl/N-ethyl adjacent to an activating group) is 1. The fourth-order valence-electron chi connectivity index (χ4n) is 3.27. The van der Waals surface area contributed by atoms with E-state index in [9.17, 15) is 0 Å². The molecule has 1 heterocycles. The minimum atomic E-state index is 0.356. The summed E-state index contributed by atoms with van der Waals surface area (Å²) in [5, 5.41) is 0. The van der Waals surface area contributed by atoms with Crippen molar-refractivity contribution in [2.24, 2.45) is 11.7 Å². The van der Waals surface area contributed by atoms with Crippen LogP contribution >= 0.6 is 0 Å². The number of rotatable bonds is 2. The van der Waals surface area contributed by atoms with Crippen LogP contribution in [0.3, 0.4) is 0 Å². The summed E-state index contributed by atoms with van der Waals surface area (Å²) in [5.41, 5.74) is 6.34. The van der Waals surface area contributed by atoms with Crippen molar-refractivity contribution in [1.29, 1.82) is 0 Å². The van der Waals surface area contributed by atoms with E-state index in [0.717, 1.165) is 12.5 Å². The Hall–Kier alpha value is -0.120. The highest BCUT2D eigenvalue weighted by Gasteiger charge is 2.46. The smallest absolute Gasteiger partial charge is 0.0338 e. The lowest BCUT2D eigenvalue weighted by Gasteiger charge is -2.56. The first-order chi connectivity index (χ1) is 7.07. The Kier molecular flexibility index (Phi) is 3.06. The predicted molar refractivity (Wildman–Crippen MR) is 63.8 cm³/mol. The van der Waals surface area contributed by atoms with Gasteiger partial charge in [0, 0.05) is 37.8 Å². The van der Waals surface area contributed by atoms with E-state index in [0.29, 0.717) is 11.6 Å². The van der Waals surface area contributed by atoms with E-state index in [4.69, 9.17) is 5.73 Å². The molecule has 2 N–H and O–H groups in total. The standard InChI is InChI=1S/C12H25N3/c1-10-6-12(7-10,9-13)15-5-4-14(3)11(2)8-15/h10-11H,4-9,13H2,1-3H3. The minimum absolute atomic E-state index is 0.356. The molecule has 1 saturated heterocycles. The molecular formula is C12H25N3. The van der Waals surface area contributed by atoms with E-state index in [1.807, 2.05) is 0 Å². The zero-order valence-corrected chi connectivity index (χ0v) is 10.4. The molecule has 0 radical (unpaired) electrons. The fraction of sp³-hybridized carbons (Fsp3) is 1.00. The molecule has 2 aliphatic rings. The molecule has 3 heteroatoms. The van der Waals surface area contributed by atoms with Gasteiger partial charge in [0.2, 0.25) is 0 Å². The molecule has 1 aliphatic carbocycles. The first kappa shape index (κ1) is 11.4. The van der Waals surface area contributed by atoms with E-state index in [1.165, 1.54) is 32.5 Å². The summed E-state index contributed by atoms with van der Waals surface area (Å²) in [6.07, 6.45) is 2.61. The minimum Gasteiger partial charge on any atom is -0.329 e. The summed E-state index contributed by atoms with van der Waals surface area (Å²) in [6, 6.07) is 0.679. The Morgan fingerprint density at radius 1 is 1.27 bits per heavy atom. The molecule has 0 bridgehead atoms. The van der Waals surface area contributed by atoms with Crippen molar-refractivity contribution in [2.45, 2.75) is 38.3 Å². The van der Waals surface area contributed by atoms with Crippen molar-refractivity contribution in [2.75, 3.05) is 33.2 Å². The third kappa shape index (κ3) is 1.93. The van der Waals surface area contributed by atoms with Crippen molar-refractivity contribution in [3.8, 4) is 0 Å². The summed E-state index contributed by atoms with van der Waals surface area (Å²) >= 11 is 0. The molecule has 0 amide bonds. The van der Waals surface area contributed by atoms with E-state index >= 15 is 0 Å². The Balaban J connectivity index is 1.98. The highest BCUT2D eigenvalue weighted by atomic mass is 15.3. The van der Waals surface area contributed by atoms with Gasteiger partial charge in [0.15, 0.2) is 0 Å². The maximum atomic E-state index is 5.99. The van der Waals surface area contributed by atoms with Crippen LogP contribution in [0.25, 0.3) is 0 Å². The molecule has 1 unspecified atom stereocenters. The molecule has 1 atom stereocenters. The molecule has 1 aliphatic heterocycles. The van der Waals surface area contributed by atoms with Gasteiger partial charge in [-0.2, -0.15) is 0 Å². The van der Waals surface area contributed by atoms with Crippen LogP contribution in [0.15, 0.2) is 0 Å².